The number of amides is 1. The molecule has 156 valence electrons. The number of carbonyl (C=O) groups excluding carboxylic acids is 1. The molecule has 0 bridgehead atoms. The number of nitrogens with one attached hydrogen (secondary N) is 1. The molecule has 7 heteroatoms. The van der Waals surface area contributed by atoms with E-state index in [1.165, 1.54) is 6.07 Å². The highest BCUT2D eigenvalue weighted by atomic mass is 19.1. The van der Waals surface area contributed by atoms with E-state index in [-0.39, 0.29) is 17.8 Å². The Morgan fingerprint density at radius 3 is 2.67 bits per heavy atom. The summed E-state index contributed by atoms with van der Waals surface area (Å²) in [5.74, 6) is 0.155. The van der Waals surface area contributed by atoms with E-state index in [4.69, 9.17) is 9.26 Å². The maximum Gasteiger partial charge on any atom is 0.227 e. The molecule has 0 unspecified atom stereocenters. The van der Waals surface area contributed by atoms with E-state index in [0.29, 0.717) is 49.5 Å². The second-order valence-corrected chi connectivity index (χ2v) is 7.70. The van der Waals surface area contributed by atoms with Gasteiger partial charge in [-0.1, -0.05) is 17.3 Å². The molecular weight excluding hydrogens is 385 g/mol. The average Bonchev–Trinajstić information content (AvgIpc) is 3.23. The first kappa shape index (κ1) is 20.2. The fraction of sp³-hybridized carbons (Fsp3) is 0.348. The summed E-state index contributed by atoms with van der Waals surface area (Å²) in [5.41, 5.74) is 1.13. The van der Waals surface area contributed by atoms with Gasteiger partial charge in [0.15, 0.2) is 0 Å². The molecule has 1 aliphatic rings. The summed E-state index contributed by atoms with van der Waals surface area (Å²) in [7, 11) is 0. The van der Waals surface area contributed by atoms with E-state index < -0.39 is 5.41 Å². The Morgan fingerprint density at radius 1 is 1.20 bits per heavy atom. The highest BCUT2D eigenvalue weighted by molar-refractivity contribution is 5.83. The van der Waals surface area contributed by atoms with Crippen molar-refractivity contribution in [2.75, 3.05) is 13.2 Å². The molecule has 1 aromatic carbocycles. The first-order chi connectivity index (χ1) is 14.6. The number of hydrogen-bond acceptors (Lipinski definition) is 5. The molecule has 4 rings (SSSR count). The van der Waals surface area contributed by atoms with Crippen LogP contribution in [0.25, 0.3) is 11.3 Å². The van der Waals surface area contributed by atoms with Gasteiger partial charge >= 0.3 is 0 Å². The predicted molar refractivity (Wildman–Crippen MR) is 109 cm³/mol. The van der Waals surface area contributed by atoms with Crippen LogP contribution in [0.3, 0.4) is 0 Å². The normalized spacial score (nSPS) is 16.7. The smallest absolute Gasteiger partial charge is 0.227 e. The van der Waals surface area contributed by atoms with E-state index in [1.54, 1.807) is 36.7 Å². The summed E-state index contributed by atoms with van der Waals surface area (Å²) in [6.07, 6.45) is 4.96. The highest BCUT2D eigenvalue weighted by Crippen LogP contribution is 2.36. The largest absolute Gasteiger partial charge is 0.381 e. The van der Waals surface area contributed by atoms with Gasteiger partial charge in [-0.3, -0.25) is 9.78 Å². The van der Waals surface area contributed by atoms with Crippen molar-refractivity contribution in [2.24, 2.45) is 5.41 Å². The average molecular weight is 409 g/mol. The fourth-order valence-electron chi connectivity index (χ4n) is 3.86. The number of aromatic nitrogens is 2. The van der Waals surface area contributed by atoms with Gasteiger partial charge < -0.3 is 14.6 Å². The van der Waals surface area contributed by atoms with Crippen molar-refractivity contribution in [3.8, 4) is 11.3 Å². The molecule has 1 N–H and O–H groups in total. The van der Waals surface area contributed by atoms with Crippen LogP contribution in [0, 0.1) is 11.2 Å². The summed E-state index contributed by atoms with van der Waals surface area (Å²) >= 11 is 0. The lowest BCUT2D eigenvalue weighted by Crippen LogP contribution is -2.46. The third kappa shape index (κ3) is 4.26. The zero-order valence-corrected chi connectivity index (χ0v) is 16.8. The first-order valence-electron chi connectivity index (χ1n) is 10.1. The van der Waals surface area contributed by atoms with Crippen LogP contribution >= 0.6 is 0 Å². The SMILES string of the molecule is C[C@@H](NC(=O)C1(Cc2cc(-c3ccccc3F)no2)CCOCC1)c1ccncc1. The number of halogens is 1. The third-order valence-corrected chi connectivity index (χ3v) is 5.71. The summed E-state index contributed by atoms with van der Waals surface area (Å²) in [6, 6.07) is 11.8. The lowest BCUT2D eigenvalue weighted by Gasteiger charge is -2.36. The van der Waals surface area contributed by atoms with Crippen molar-refractivity contribution >= 4 is 5.91 Å². The molecule has 0 radical (unpaired) electrons. The molecule has 3 aromatic rings. The number of carbonyl (C=O) groups is 1. The van der Waals surface area contributed by atoms with E-state index in [2.05, 4.69) is 15.5 Å². The van der Waals surface area contributed by atoms with E-state index in [1.807, 2.05) is 19.1 Å². The lowest BCUT2D eigenvalue weighted by atomic mass is 9.75. The van der Waals surface area contributed by atoms with Crippen LogP contribution in [0.5, 0.6) is 0 Å². The van der Waals surface area contributed by atoms with E-state index in [0.717, 1.165) is 5.56 Å². The van der Waals surface area contributed by atoms with E-state index in [9.17, 15) is 9.18 Å². The van der Waals surface area contributed by atoms with Crippen LogP contribution in [0.1, 0.15) is 37.1 Å². The Labute approximate surface area is 174 Å². The minimum Gasteiger partial charge on any atom is -0.381 e. The first-order valence-corrected chi connectivity index (χ1v) is 10.1. The second-order valence-electron chi connectivity index (χ2n) is 7.70. The van der Waals surface area contributed by atoms with Crippen molar-refractivity contribution < 1.29 is 18.4 Å². The number of ether oxygens (including phenoxy) is 1. The Kier molecular flexibility index (Phi) is 5.90. The van der Waals surface area contributed by atoms with Crippen molar-refractivity contribution in [1.82, 2.24) is 15.5 Å². The number of benzene rings is 1. The third-order valence-electron chi connectivity index (χ3n) is 5.71. The van der Waals surface area contributed by atoms with Gasteiger partial charge in [-0.25, -0.2) is 4.39 Å². The highest BCUT2D eigenvalue weighted by Gasteiger charge is 2.41. The van der Waals surface area contributed by atoms with Gasteiger partial charge in [-0.15, -0.1) is 0 Å². The molecule has 2 aromatic heterocycles. The molecule has 1 aliphatic heterocycles. The molecule has 1 saturated heterocycles. The van der Waals surface area contributed by atoms with Crippen molar-refractivity contribution in [3.05, 3.63) is 72.0 Å². The zero-order valence-electron chi connectivity index (χ0n) is 16.8. The molecule has 6 nitrogen and oxygen atoms in total. The molecular formula is C23H24FN3O3. The quantitative estimate of drug-likeness (QED) is 0.663. The van der Waals surface area contributed by atoms with Gasteiger partial charge in [-0.05, 0) is 49.6 Å². The van der Waals surface area contributed by atoms with Crippen LogP contribution in [-0.4, -0.2) is 29.3 Å². The van der Waals surface area contributed by atoms with Crippen molar-refractivity contribution in [2.45, 2.75) is 32.2 Å². The molecule has 1 atom stereocenters. The number of hydrogen-bond donors (Lipinski definition) is 1. The minimum atomic E-state index is -0.661. The van der Waals surface area contributed by atoms with Crippen LogP contribution in [-0.2, 0) is 16.0 Å². The molecule has 0 spiro atoms. The summed E-state index contributed by atoms with van der Waals surface area (Å²) in [5, 5.41) is 7.16. The topological polar surface area (TPSA) is 77.2 Å². The molecule has 0 aliphatic carbocycles. The van der Waals surface area contributed by atoms with Gasteiger partial charge in [0.1, 0.15) is 17.3 Å². The monoisotopic (exact) mass is 409 g/mol. The Balaban J connectivity index is 1.54. The molecule has 1 fully saturated rings. The number of pyridine rings is 1. The second kappa shape index (κ2) is 8.75. The van der Waals surface area contributed by atoms with Gasteiger partial charge in [0.05, 0.1) is 11.5 Å². The standard InChI is InChI=1S/C23H24FN3O3/c1-16(17-6-10-25-11-7-17)26-22(28)23(8-12-29-13-9-23)15-18-14-21(27-30-18)19-4-2-3-5-20(19)24/h2-7,10-11,14,16H,8-9,12-13,15H2,1H3,(H,26,28)/t16-/m1/s1. The molecule has 0 saturated carbocycles. The van der Waals surface area contributed by atoms with Crippen LogP contribution in [0.2, 0.25) is 0 Å². The molecule has 1 amide bonds. The van der Waals surface area contributed by atoms with Crippen LogP contribution in [0.4, 0.5) is 4.39 Å². The van der Waals surface area contributed by atoms with Gasteiger partial charge in [0.2, 0.25) is 5.91 Å². The predicted octanol–water partition coefficient (Wildman–Crippen LogP) is 4.09. The van der Waals surface area contributed by atoms with Crippen LogP contribution in [0.15, 0.2) is 59.4 Å². The lowest BCUT2D eigenvalue weighted by molar-refractivity contribution is -0.137. The van der Waals surface area contributed by atoms with Gasteiger partial charge in [-0.2, -0.15) is 0 Å². The number of nitrogens with zero attached hydrogens (tertiary/aromatic N) is 2. The summed E-state index contributed by atoms with van der Waals surface area (Å²) < 4.78 is 25.1. The zero-order chi connectivity index (χ0) is 21.0. The fourth-order valence-corrected chi connectivity index (χ4v) is 3.86. The number of rotatable bonds is 6. The molecule has 30 heavy (non-hydrogen) atoms. The Hall–Kier alpha value is -3.06. The molecule has 3 heterocycles. The minimum absolute atomic E-state index is 0.0426. The van der Waals surface area contributed by atoms with Crippen molar-refractivity contribution in [1.29, 1.82) is 0 Å². The van der Waals surface area contributed by atoms with Crippen molar-refractivity contribution in [3.63, 3.8) is 0 Å². The van der Waals surface area contributed by atoms with Gasteiger partial charge in [0, 0.05) is 43.7 Å². The summed E-state index contributed by atoms with van der Waals surface area (Å²) in [4.78, 5) is 17.4. The maximum absolute atomic E-state index is 14.1. The maximum atomic E-state index is 14.1. The Bertz CT molecular complexity index is 1000. The van der Waals surface area contributed by atoms with E-state index >= 15 is 0 Å². The van der Waals surface area contributed by atoms with Gasteiger partial charge in [0.25, 0.3) is 0 Å². The Morgan fingerprint density at radius 2 is 1.93 bits per heavy atom. The summed E-state index contributed by atoms with van der Waals surface area (Å²) in [6.45, 7) is 2.96. The van der Waals surface area contributed by atoms with Crippen LogP contribution < -0.4 is 5.32 Å².